The fraction of sp³-hybridized carbons (Fsp3) is 0.136. The highest BCUT2D eigenvalue weighted by atomic mass is 16.2. The summed E-state index contributed by atoms with van der Waals surface area (Å²) < 4.78 is 1.62. The summed E-state index contributed by atoms with van der Waals surface area (Å²) in [6, 6.07) is 20.0. The van der Waals surface area contributed by atoms with Crippen LogP contribution in [0.1, 0.15) is 21.9 Å². The Morgan fingerprint density at radius 3 is 2.39 bits per heavy atom. The van der Waals surface area contributed by atoms with Gasteiger partial charge in [-0.2, -0.15) is 5.10 Å². The highest BCUT2D eigenvalue weighted by Crippen LogP contribution is 2.25. The number of H-pyrrole nitrogens is 1. The van der Waals surface area contributed by atoms with Crippen LogP contribution < -0.4 is 4.90 Å². The maximum Gasteiger partial charge on any atom is 0.276 e. The van der Waals surface area contributed by atoms with Crippen molar-refractivity contribution in [1.82, 2.24) is 19.7 Å². The number of rotatable bonds is 5. The molecule has 140 valence electrons. The van der Waals surface area contributed by atoms with E-state index in [-0.39, 0.29) is 5.91 Å². The summed E-state index contributed by atoms with van der Waals surface area (Å²) in [4.78, 5) is 22.2. The quantitative estimate of drug-likeness (QED) is 0.577. The van der Waals surface area contributed by atoms with Crippen LogP contribution in [0.25, 0.3) is 11.1 Å². The molecule has 1 N–H and O–H groups in total. The molecule has 0 fully saturated rings. The number of nitrogens with zero attached hydrogens (tertiary/aromatic N) is 4. The lowest BCUT2D eigenvalue weighted by molar-refractivity contribution is 0.0976. The smallest absolute Gasteiger partial charge is 0.276 e. The highest BCUT2D eigenvalue weighted by molar-refractivity contribution is 6.05. The van der Waals surface area contributed by atoms with E-state index in [4.69, 9.17) is 0 Å². The van der Waals surface area contributed by atoms with Crippen molar-refractivity contribution in [1.29, 1.82) is 0 Å². The second-order valence-corrected chi connectivity index (χ2v) is 6.68. The third-order valence-corrected chi connectivity index (χ3v) is 4.64. The number of aromatic nitrogens is 4. The van der Waals surface area contributed by atoms with Gasteiger partial charge in [0.05, 0.1) is 24.3 Å². The van der Waals surface area contributed by atoms with Gasteiger partial charge in [-0.1, -0.05) is 42.5 Å². The first-order valence-electron chi connectivity index (χ1n) is 9.07. The average molecular weight is 371 g/mol. The first kappa shape index (κ1) is 17.7. The number of anilines is 1. The molecule has 6 nitrogen and oxygen atoms in total. The monoisotopic (exact) mass is 371 g/mol. The molecule has 0 aliphatic carbocycles. The summed E-state index contributed by atoms with van der Waals surface area (Å²) in [5.74, 6) is -0.106. The second-order valence-electron chi connectivity index (χ2n) is 6.68. The fourth-order valence-electron chi connectivity index (χ4n) is 3.24. The lowest BCUT2D eigenvalue weighted by atomic mass is 10.1. The minimum Gasteiger partial charge on any atom is -0.347 e. The summed E-state index contributed by atoms with van der Waals surface area (Å²) in [6.45, 7) is 2.28. The predicted octanol–water partition coefficient (Wildman–Crippen LogP) is 3.97. The van der Waals surface area contributed by atoms with Crippen LogP contribution in [0.5, 0.6) is 0 Å². The molecule has 6 heteroatoms. The molecule has 0 saturated heterocycles. The summed E-state index contributed by atoms with van der Waals surface area (Å²) in [5, 5.41) is 4.31. The van der Waals surface area contributed by atoms with Gasteiger partial charge in [-0.15, -0.1) is 0 Å². The lowest BCUT2D eigenvalue weighted by Gasteiger charge is -2.22. The van der Waals surface area contributed by atoms with Gasteiger partial charge in [-0.05, 0) is 36.2 Å². The number of nitrogens with one attached hydrogen (secondary N) is 1. The summed E-state index contributed by atoms with van der Waals surface area (Å²) >= 11 is 0. The molecule has 28 heavy (non-hydrogen) atoms. The molecule has 4 rings (SSSR count). The van der Waals surface area contributed by atoms with Crippen LogP contribution in [-0.4, -0.2) is 25.7 Å². The normalized spacial score (nSPS) is 10.8. The Morgan fingerprint density at radius 1 is 1.07 bits per heavy atom. The van der Waals surface area contributed by atoms with Gasteiger partial charge in [0, 0.05) is 18.9 Å². The van der Waals surface area contributed by atoms with E-state index in [9.17, 15) is 4.79 Å². The topological polar surface area (TPSA) is 66.8 Å². The maximum absolute atomic E-state index is 13.3. The zero-order chi connectivity index (χ0) is 19.5. The van der Waals surface area contributed by atoms with Gasteiger partial charge in [0.25, 0.3) is 5.91 Å². The zero-order valence-electron chi connectivity index (χ0n) is 15.8. The number of carbonyl (C=O) groups is 1. The predicted molar refractivity (Wildman–Crippen MR) is 109 cm³/mol. The van der Waals surface area contributed by atoms with E-state index < -0.39 is 0 Å². The number of carbonyl (C=O) groups excluding carboxylic acids is 1. The standard InChI is InChI=1S/C22H21N5O/c1-16-12-21(26(2)25-16)22(28)27(14-19-13-23-15-24-19)20-10-8-18(9-11-20)17-6-4-3-5-7-17/h3-13,15H,14H2,1-2H3,(H,23,24). The number of benzene rings is 2. The molecular weight excluding hydrogens is 350 g/mol. The zero-order valence-corrected chi connectivity index (χ0v) is 15.8. The van der Waals surface area contributed by atoms with E-state index in [1.165, 1.54) is 0 Å². The molecule has 0 bridgehead atoms. The molecule has 2 heterocycles. The number of hydrogen-bond acceptors (Lipinski definition) is 3. The molecule has 0 unspecified atom stereocenters. The van der Waals surface area contributed by atoms with Gasteiger partial charge in [0.15, 0.2) is 0 Å². The summed E-state index contributed by atoms with van der Waals surface area (Å²) in [6.07, 6.45) is 3.35. The van der Waals surface area contributed by atoms with Crippen molar-refractivity contribution < 1.29 is 4.79 Å². The number of aryl methyl sites for hydroxylation is 2. The average Bonchev–Trinajstić information content (AvgIpc) is 3.35. The van der Waals surface area contributed by atoms with Crippen molar-refractivity contribution in [2.75, 3.05) is 4.90 Å². The van der Waals surface area contributed by atoms with E-state index >= 15 is 0 Å². The van der Waals surface area contributed by atoms with Crippen LogP contribution in [0.2, 0.25) is 0 Å². The van der Waals surface area contributed by atoms with E-state index in [0.717, 1.165) is 28.2 Å². The number of amides is 1. The first-order chi connectivity index (χ1) is 13.6. The van der Waals surface area contributed by atoms with Gasteiger partial charge in [0.2, 0.25) is 0 Å². The molecule has 0 atom stereocenters. The van der Waals surface area contributed by atoms with Gasteiger partial charge < -0.3 is 9.88 Å². The Morgan fingerprint density at radius 2 is 1.79 bits per heavy atom. The molecule has 0 aliphatic rings. The van der Waals surface area contributed by atoms with E-state index in [2.05, 4.69) is 27.2 Å². The van der Waals surface area contributed by atoms with Gasteiger partial charge in [-0.25, -0.2) is 4.98 Å². The first-order valence-corrected chi connectivity index (χ1v) is 9.07. The van der Waals surface area contributed by atoms with Crippen LogP contribution in [0.15, 0.2) is 73.2 Å². The molecule has 4 aromatic rings. The van der Waals surface area contributed by atoms with Crippen LogP contribution in [0.3, 0.4) is 0 Å². The Kier molecular flexibility index (Phi) is 4.76. The van der Waals surface area contributed by atoms with Crippen LogP contribution >= 0.6 is 0 Å². The third kappa shape index (κ3) is 3.57. The largest absolute Gasteiger partial charge is 0.347 e. The second kappa shape index (κ2) is 7.52. The third-order valence-electron chi connectivity index (χ3n) is 4.64. The highest BCUT2D eigenvalue weighted by Gasteiger charge is 2.22. The minimum absolute atomic E-state index is 0.106. The van der Waals surface area contributed by atoms with E-state index in [0.29, 0.717) is 12.2 Å². The molecule has 2 aromatic carbocycles. The van der Waals surface area contributed by atoms with Crippen molar-refractivity contribution in [2.24, 2.45) is 7.05 Å². The van der Waals surface area contributed by atoms with Crippen molar-refractivity contribution in [2.45, 2.75) is 13.5 Å². The van der Waals surface area contributed by atoms with Crippen molar-refractivity contribution in [3.8, 4) is 11.1 Å². The van der Waals surface area contributed by atoms with Gasteiger partial charge in [0.1, 0.15) is 5.69 Å². The maximum atomic E-state index is 13.3. The molecular formula is C22H21N5O. The Bertz CT molecular complexity index is 1070. The van der Waals surface area contributed by atoms with Gasteiger partial charge in [-0.3, -0.25) is 9.48 Å². The van der Waals surface area contributed by atoms with Crippen molar-refractivity contribution in [3.05, 3.63) is 90.3 Å². The number of hydrogen-bond donors (Lipinski definition) is 1. The Hall–Kier alpha value is -3.67. The SMILES string of the molecule is Cc1cc(C(=O)N(Cc2cnc[nH]2)c2ccc(-c3ccccc3)cc2)n(C)n1. The molecule has 0 aliphatic heterocycles. The number of aromatic amines is 1. The van der Waals surface area contributed by atoms with E-state index in [1.54, 1.807) is 35.2 Å². The minimum atomic E-state index is -0.106. The molecule has 1 amide bonds. The Balaban J connectivity index is 1.69. The number of imidazole rings is 1. The lowest BCUT2D eigenvalue weighted by Crippen LogP contribution is -2.32. The molecule has 0 spiro atoms. The molecule has 0 radical (unpaired) electrons. The molecule has 2 aromatic heterocycles. The summed E-state index contributed by atoms with van der Waals surface area (Å²) in [5.41, 5.74) is 5.28. The van der Waals surface area contributed by atoms with Crippen molar-refractivity contribution >= 4 is 11.6 Å². The van der Waals surface area contributed by atoms with E-state index in [1.807, 2.05) is 49.4 Å². The fourth-order valence-corrected chi connectivity index (χ4v) is 3.24. The molecule has 0 saturated carbocycles. The van der Waals surface area contributed by atoms with Crippen molar-refractivity contribution in [3.63, 3.8) is 0 Å². The summed E-state index contributed by atoms with van der Waals surface area (Å²) in [7, 11) is 1.78. The van der Waals surface area contributed by atoms with Crippen LogP contribution in [0.4, 0.5) is 5.69 Å². The van der Waals surface area contributed by atoms with Crippen LogP contribution in [-0.2, 0) is 13.6 Å². The Labute approximate surface area is 163 Å². The van der Waals surface area contributed by atoms with Gasteiger partial charge >= 0.3 is 0 Å². The van der Waals surface area contributed by atoms with Crippen LogP contribution in [0, 0.1) is 6.92 Å².